The van der Waals surface area contributed by atoms with Crippen molar-refractivity contribution in [3.8, 4) is 0 Å². The predicted octanol–water partition coefficient (Wildman–Crippen LogP) is 4.33. The molecular weight excluding hydrogens is 304 g/mol. The van der Waals surface area contributed by atoms with E-state index in [4.69, 9.17) is 4.84 Å². The van der Waals surface area contributed by atoms with Crippen molar-refractivity contribution < 1.29 is 9.76 Å². The molecule has 0 bridgehead atoms. The third kappa shape index (κ3) is 3.15. The molecule has 2 aromatic carbocycles. The highest BCUT2D eigenvalue weighted by molar-refractivity contribution is 6.00. The highest BCUT2D eigenvalue weighted by Crippen LogP contribution is 2.26. The summed E-state index contributed by atoms with van der Waals surface area (Å²) in [6.45, 7) is 3.85. The van der Waals surface area contributed by atoms with Crippen molar-refractivity contribution in [2.45, 2.75) is 39.7 Å². The van der Waals surface area contributed by atoms with Crippen molar-refractivity contribution in [2.24, 2.45) is 5.16 Å². The smallest absolute Gasteiger partial charge is 0.276 e. The van der Waals surface area contributed by atoms with Crippen LogP contribution in [-0.2, 0) is 24.3 Å². The second kappa shape index (κ2) is 6.83. The van der Waals surface area contributed by atoms with Gasteiger partial charge < -0.3 is 4.84 Å². The van der Waals surface area contributed by atoms with Gasteiger partial charge in [-0.05, 0) is 49.8 Å². The molecule has 0 aliphatic heterocycles. The molecule has 0 N–H and O–H groups in total. The molecule has 0 fully saturated rings. The highest BCUT2D eigenvalue weighted by Gasteiger charge is 2.17. The maximum absolute atomic E-state index is 11.1. The van der Waals surface area contributed by atoms with Gasteiger partial charge >= 0.3 is 0 Å². The number of fused-ring (bicyclic) bond motifs is 1. The van der Waals surface area contributed by atoms with Gasteiger partial charge in [-0.15, -0.1) is 0 Å². The maximum Gasteiger partial charge on any atom is 0.276 e. The fraction of sp³-hybridized carbons (Fsp3) is 0.316. The Balaban J connectivity index is 1.78. The summed E-state index contributed by atoms with van der Waals surface area (Å²) in [5.74, 6) is 0. The van der Waals surface area contributed by atoms with Gasteiger partial charge in [0.25, 0.3) is 5.69 Å². The molecule has 0 unspecified atom stereocenters. The molecular formula is C19H20N2O3. The van der Waals surface area contributed by atoms with Crippen LogP contribution in [0.25, 0.3) is 0 Å². The van der Waals surface area contributed by atoms with E-state index in [2.05, 4.69) is 17.3 Å². The number of nitrogens with zero attached hydrogens (tertiary/aromatic N) is 2. The quantitative estimate of drug-likeness (QED) is 0.467. The Kier molecular flexibility index (Phi) is 4.60. The van der Waals surface area contributed by atoms with Crippen molar-refractivity contribution in [3.63, 3.8) is 0 Å². The first-order valence-electron chi connectivity index (χ1n) is 8.08. The number of nitro benzene ring substituents is 1. The lowest BCUT2D eigenvalue weighted by molar-refractivity contribution is -0.386. The van der Waals surface area contributed by atoms with Gasteiger partial charge in [-0.25, -0.2) is 0 Å². The monoisotopic (exact) mass is 324 g/mol. The van der Waals surface area contributed by atoms with Crippen LogP contribution in [0.4, 0.5) is 5.69 Å². The molecule has 0 aromatic heterocycles. The number of nitro groups is 1. The number of aryl methyl sites for hydroxylation is 2. The van der Waals surface area contributed by atoms with Gasteiger partial charge in [-0.1, -0.05) is 35.5 Å². The van der Waals surface area contributed by atoms with Crippen LogP contribution in [0.15, 0.2) is 41.6 Å². The minimum atomic E-state index is -0.383. The second-order valence-corrected chi connectivity index (χ2v) is 6.08. The van der Waals surface area contributed by atoms with E-state index < -0.39 is 0 Å². The van der Waals surface area contributed by atoms with Crippen LogP contribution >= 0.6 is 0 Å². The van der Waals surface area contributed by atoms with Crippen molar-refractivity contribution in [2.75, 3.05) is 0 Å². The molecule has 0 heterocycles. The fourth-order valence-corrected chi connectivity index (χ4v) is 3.25. The van der Waals surface area contributed by atoms with Crippen LogP contribution in [0.1, 0.15) is 41.2 Å². The van der Waals surface area contributed by atoms with Gasteiger partial charge in [0.1, 0.15) is 6.61 Å². The topological polar surface area (TPSA) is 64.7 Å². The standard InChI is InChI=1S/C19H20N2O3/c1-13-6-3-11-19(21(22)23)18(13)12-24-20-14(2)16-9-4-7-15-8-5-10-17(15)16/h3-4,6-7,9,11H,5,8,10,12H2,1-2H3. The van der Waals surface area contributed by atoms with E-state index in [1.54, 1.807) is 6.07 Å². The number of benzene rings is 2. The Hall–Kier alpha value is -2.69. The van der Waals surface area contributed by atoms with Gasteiger partial charge in [0.15, 0.2) is 0 Å². The van der Waals surface area contributed by atoms with Crippen LogP contribution < -0.4 is 0 Å². The molecule has 124 valence electrons. The molecule has 24 heavy (non-hydrogen) atoms. The molecule has 0 radical (unpaired) electrons. The molecule has 0 atom stereocenters. The number of hydrogen-bond donors (Lipinski definition) is 0. The van der Waals surface area contributed by atoms with Gasteiger partial charge in [0.2, 0.25) is 0 Å². The highest BCUT2D eigenvalue weighted by atomic mass is 16.6. The third-order valence-electron chi connectivity index (χ3n) is 4.53. The summed E-state index contributed by atoms with van der Waals surface area (Å²) in [6.07, 6.45) is 3.37. The van der Waals surface area contributed by atoms with Crippen LogP contribution in [0.3, 0.4) is 0 Å². The lowest BCUT2D eigenvalue weighted by Gasteiger charge is -2.09. The second-order valence-electron chi connectivity index (χ2n) is 6.08. The minimum Gasteiger partial charge on any atom is -0.390 e. The molecule has 1 aliphatic carbocycles. The third-order valence-corrected chi connectivity index (χ3v) is 4.53. The van der Waals surface area contributed by atoms with E-state index in [1.807, 2.05) is 26.0 Å². The summed E-state index contributed by atoms with van der Waals surface area (Å²) >= 11 is 0. The van der Waals surface area contributed by atoms with Crippen molar-refractivity contribution in [1.29, 1.82) is 0 Å². The molecule has 0 saturated heterocycles. The van der Waals surface area contributed by atoms with Crippen molar-refractivity contribution in [3.05, 3.63) is 74.3 Å². The zero-order valence-electron chi connectivity index (χ0n) is 13.9. The molecule has 0 spiro atoms. The van der Waals surface area contributed by atoms with Gasteiger partial charge in [0.05, 0.1) is 16.2 Å². The Morgan fingerprint density at radius 3 is 2.83 bits per heavy atom. The first kappa shape index (κ1) is 16.2. The Morgan fingerprint density at radius 2 is 2.04 bits per heavy atom. The van der Waals surface area contributed by atoms with Gasteiger partial charge in [-0.3, -0.25) is 10.1 Å². The number of oxime groups is 1. The van der Waals surface area contributed by atoms with E-state index in [0.29, 0.717) is 5.56 Å². The number of rotatable bonds is 5. The Labute approximate surface area is 141 Å². The summed E-state index contributed by atoms with van der Waals surface area (Å²) in [5, 5.41) is 15.3. The summed E-state index contributed by atoms with van der Waals surface area (Å²) in [7, 11) is 0. The summed E-state index contributed by atoms with van der Waals surface area (Å²) in [5.41, 5.74) is 6.13. The van der Waals surface area contributed by atoms with Crippen LogP contribution in [0.5, 0.6) is 0 Å². The molecule has 0 amide bonds. The number of hydrogen-bond acceptors (Lipinski definition) is 4. The Bertz CT molecular complexity index is 812. The molecule has 2 aromatic rings. The van der Waals surface area contributed by atoms with Gasteiger partial charge in [0, 0.05) is 11.6 Å². The predicted molar refractivity (Wildman–Crippen MR) is 93.3 cm³/mol. The van der Waals surface area contributed by atoms with E-state index >= 15 is 0 Å². The minimum absolute atomic E-state index is 0.0726. The van der Waals surface area contributed by atoms with Crippen molar-refractivity contribution >= 4 is 11.4 Å². The van der Waals surface area contributed by atoms with Crippen LogP contribution in [-0.4, -0.2) is 10.6 Å². The zero-order valence-corrected chi connectivity index (χ0v) is 13.9. The molecule has 0 saturated carbocycles. The van der Waals surface area contributed by atoms with Crippen LogP contribution in [0.2, 0.25) is 0 Å². The Morgan fingerprint density at radius 1 is 1.25 bits per heavy atom. The fourth-order valence-electron chi connectivity index (χ4n) is 3.25. The largest absolute Gasteiger partial charge is 0.390 e. The van der Waals surface area contributed by atoms with Gasteiger partial charge in [-0.2, -0.15) is 0 Å². The lowest BCUT2D eigenvalue weighted by atomic mass is 10.0. The molecule has 3 rings (SSSR count). The summed E-state index contributed by atoms with van der Waals surface area (Å²) in [4.78, 5) is 16.2. The molecule has 5 nitrogen and oxygen atoms in total. The summed E-state index contributed by atoms with van der Waals surface area (Å²) in [6, 6.07) is 11.3. The zero-order chi connectivity index (χ0) is 17.1. The maximum atomic E-state index is 11.1. The van der Waals surface area contributed by atoms with Crippen molar-refractivity contribution in [1.82, 2.24) is 0 Å². The van der Waals surface area contributed by atoms with E-state index in [0.717, 1.165) is 29.7 Å². The van der Waals surface area contributed by atoms with Crippen LogP contribution in [0, 0.1) is 17.0 Å². The average Bonchev–Trinajstić information content (AvgIpc) is 3.04. The first-order valence-corrected chi connectivity index (χ1v) is 8.08. The van der Waals surface area contributed by atoms with E-state index in [1.165, 1.54) is 23.6 Å². The first-order chi connectivity index (χ1) is 11.6. The molecule has 5 heteroatoms. The van der Waals surface area contributed by atoms with E-state index in [9.17, 15) is 10.1 Å². The SMILES string of the molecule is CC(=NOCc1c(C)cccc1[N+](=O)[O-])c1cccc2c1CCC2. The summed E-state index contributed by atoms with van der Waals surface area (Å²) < 4.78 is 0. The molecule has 1 aliphatic rings. The lowest BCUT2D eigenvalue weighted by Crippen LogP contribution is -2.03. The average molecular weight is 324 g/mol. The van der Waals surface area contributed by atoms with E-state index in [-0.39, 0.29) is 17.2 Å². The normalized spacial score (nSPS) is 13.7.